The molecule has 0 spiro atoms. The highest BCUT2D eigenvalue weighted by molar-refractivity contribution is 5.84. The Kier molecular flexibility index (Phi) is 6.25. The van der Waals surface area contributed by atoms with Crippen molar-refractivity contribution < 1.29 is 23.7 Å². The van der Waals surface area contributed by atoms with Gasteiger partial charge in [-0.1, -0.05) is 54.6 Å². The van der Waals surface area contributed by atoms with E-state index in [2.05, 4.69) is 45.1 Å². The number of aromatic nitrogens is 4. The number of rotatable bonds is 6. The molecule has 4 atom stereocenters. The van der Waals surface area contributed by atoms with Crippen LogP contribution in [0, 0.1) is 0 Å². The fourth-order valence-electron chi connectivity index (χ4n) is 4.76. The maximum atomic E-state index is 12.5. The van der Waals surface area contributed by atoms with Gasteiger partial charge in [0.1, 0.15) is 24.0 Å². The molecular formula is C27H25N5O5. The molecule has 2 saturated heterocycles. The number of anilines is 1. The van der Waals surface area contributed by atoms with Gasteiger partial charge in [-0.3, -0.25) is 5.32 Å². The number of hydrogen-bond donors (Lipinski definition) is 1. The van der Waals surface area contributed by atoms with Gasteiger partial charge in [-0.15, -0.1) is 5.10 Å². The molecule has 1 amide bonds. The van der Waals surface area contributed by atoms with Gasteiger partial charge in [-0.25, -0.2) is 9.48 Å². The topological polar surface area (TPSA) is 110 Å². The fraction of sp³-hybridized carbons (Fsp3) is 0.259. The van der Waals surface area contributed by atoms with Crippen molar-refractivity contribution in [3.63, 3.8) is 0 Å². The van der Waals surface area contributed by atoms with Crippen LogP contribution in [0.15, 0.2) is 78.9 Å². The lowest BCUT2D eigenvalue weighted by Crippen LogP contribution is -2.35. The average Bonchev–Trinajstić information content (AvgIpc) is 3.68. The summed E-state index contributed by atoms with van der Waals surface area (Å²) in [4.78, 5) is 12.5. The molecule has 3 heterocycles. The first kappa shape index (κ1) is 23.1. The number of tetrazole rings is 1. The summed E-state index contributed by atoms with van der Waals surface area (Å²) in [5, 5.41) is 15.1. The van der Waals surface area contributed by atoms with Crippen molar-refractivity contribution in [2.24, 2.45) is 0 Å². The summed E-state index contributed by atoms with van der Waals surface area (Å²) >= 11 is 0. The smallest absolute Gasteiger partial charge is 0.412 e. The predicted molar refractivity (Wildman–Crippen MR) is 134 cm³/mol. The number of ether oxygens (including phenoxy) is 4. The molecule has 188 valence electrons. The molecule has 4 aromatic rings. The molecule has 1 N–H and O–H groups in total. The van der Waals surface area contributed by atoms with Crippen LogP contribution < -0.4 is 10.1 Å². The number of benzene rings is 3. The van der Waals surface area contributed by atoms with Gasteiger partial charge in [0.15, 0.2) is 11.9 Å². The highest BCUT2D eigenvalue weighted by atomic mass is 16.6. The van der Waals surface area contributed by atoms with Gasteiger partial charge in [0, 0.05) is 11.3 Å². The Morgan fingerprint density at radius 2 is 1.59 bits per heavy atom. The summed E-state index contributed by atoms with van der Waals surface area (Å²) in [6, 6.07) is 25.0. The van der Waals surface area contributed by atoms with E-state index < -0.39 is 18.3 Å². The minimum Gasteiger partial charge on any atom is -0.497 e. The third-order valence-corrected chi connectivity index (χ3v) is 6.63. The van der Waals surface area contributed by atoms with E-state index in [0.717, 1.165) is 16.7 Å². The average molecular weight is 500 g/mol. The lowest BCUT2D eigenvalue weighted by molar-refractivity contribution is 0.00774. The normalized spacial score (nSPS) is 22.4. The number of carbonyl (C=O) groups is 1. The fourth-order valence-corrected chi connectivity index (χ4v) is 4.76. The first-order valence-electron chi connectivity index (χ1n) is 12.0. The molecule has 1 aromatic heterocycles. The molecule has 0 bridgehead atoms. The minimum atomic E-state index is -0.576. The van der Waals surface area contributed by atoms with Gasteiger partial charge in [0.25, 0.3) is 0 Å². The third kappa shape index (κ3) is 4.64. The first-order chi connectivity index (χ1) is 18.2. The highest BCUT2D eigenvalue weighted by Gasteiger charge is 2.51. The maximum absolute atomic E-state index is 12.5. The van der Waals surface area contributed by atoms with E-state index in [1.54, 1.807) is 36.1 Å². The lowest BCUT2D eigenvalue weighted by atomic mass is 10.0. The number of carbonyl (C=O) groups excluding carboxylic acids is 1. The van der Waals surface area contributed by atoms with Gasteiger partial charge in [0.05, 0.1) is 20.3 Å². The quantitative estimate of drug-likeness (QED) is 0.424. The summed E-state index contributed by atoms with van der Waals surface area (Å²) in [6.07, 6.45) is -1.87. The molecule has 0 aliphatic carbocycles. The molecular weight excluding hydrogens is 474 g/mol. The van der Waals surface area contributed by atoms with Crippen LogP contribution in [-0.2, 0) is 14.2 Å². The van der Waals surface area contributed by atoms with E-state index in [0.29, 0.717) is 23.9 Å². The molecule has 0 saturated carbocycles. The van der Waals surface area contributed by atoms with Crippen LogP contribution in [0.5, 0.6) is 5.75 Å². The lowest BCUT2D eigenvalue weighted by Gasteiger charge is -2.18. The maximum Gasteiger partial charge on any atom is 0.412 e. The van der Waals surface area contributed by atoms with Crippen molar-refractivity contribution in [1.82, 2.24) is 20.2 Å². The summed E-state index contributed by atoms with van der Waals surface area (Å²) in [5.74, 6) is 1.32. The van der Waals surface area contributed by atoms with Gasteiger partial charge >= 0.3 is 6.09 Å². The Labute approximate surface area is 213 Å². The standard InChI is InChI=1S/C27H25N5O5/c1-34-21-13-11-20(12-14-21)28-27(33)37-23-16-36-24-22(15-35-25(23)24)32-26(29-30-31-32)19-9-7-18(8-10-19)17-5-3-2-4-6-17/h2-14,22-25H,15-16H2,1H3,(H,28,33)/t22-,23+,24+,25+/m0/s1. The van der Waals surface area contributed by atoms with Crippen molar-refractivity contribution in [2.75, 3.05) is 25.6 Å². The van der Waals surface area contributed by atoms with Gasteiger partial charge in [0.2, 0.25) is 0 Å². The van der Waals surface area contributed by atoms with Crippen LogP contribution in [0.2, 0.25) is 0 Å². The van der Waals surface area contributed by atoms with Gasteiger partial charge in [-0.05, 0) is 45.8 Å². The second kappa shape index (κ2) is 10.00. The zero-order valence-corrected chi connectivity index (χ0v) is 20.1. The Hall–Kier alpha value is -4.28. The van der Waals surface area contributed by atoms with E-state index in [4.69, 9.17) is 18.9 Å². The van der Waals surface area contributed by atoms with Crippen molar-refractivity contribution in [1.29, 1.82) is 0 Å². The van der Waals surface area contributed by atoms with Gasteiger partial charge < -0.3 is 18.9 Å². The number of amides is 1. The van der Waals surface area contributed by atoms with Crippen molar-refractivity contribution in [2.45, 2.75) is 24.4 Å². The Bertz CT molecular complexity index is 1360. The third-order valence-electron chi connectivity index (χ3n) is 6.63. The molecule has 0 unspecified atom stereocenters. The summed E-state index contributed by atoms with van der Waals surface area (Å²) in [6.45, 7) is 0.570. The van der Waals surface area contributed by atoms with Crippen LogP contribution in [0.4, 0.5) is 10.5 Å². The molecule has 10 nitrogen and oxygen atoms in total. The molecule has 10 heteroatoms. The largest absolute Gasteiger partial charge is 0.497 e. The predicted octanol–water partition coefficient (Wildman–Crippen LogP) is 3.97. The minimum absolute atomic E-state index is 0.227. The zero-order chi connectivity index (χ0) is 25.2. The molecule has 2 aliphatic rings. The Morgan fingerprint density at radius 3 is 2.35 bits per heavy atom. The van der Waals surface area contributed by atoms with E-state index in [9.17, 15) is 4.79 Å². The molecule has 0 radical (unpaired) electrons. The Balaban J connectivity index is 1.12. The van der Waals surface area contributed by atoms with E-state index in [1.165, 1.54) is 0 Å². The number of fused-ring (bicyclic) bond motifs is 1. The number of hydrogen-bond acceptors (Lipinski definition) is 8. The molecule has 2 aliphatic heterocycles. The number of nitrogens with one attached hydrogen (secondary N) is 1. The summed E-state index contributed by atoms with van der Waals surface area (Å²) < 4.78 is 24.5. The van der Waals surface area contributed by atoms with Gasteiger partial charge in [-0.2, -0.15) is 0 Å². The van der Waals surface area contributed by atoms with Crippen LogP contribution in [0.3, 0.4) is 0 Å². The van der Waals surface area contributed by atoms with Crippen molar-refractivity contribution in [3.8, 4) is 28.3 Å². The van der Waals surface area contributed by atoms with Crippen LogP contribution in [0.25, 0.3) is 22.5 Å². The molecule has 37 heavy (non-hydrogen) atoms. The number of nitrogens with zero attached hydrogens (tertiary/aromatic N) is 4. The van der Waals surface area contributed by atoms with Crippen LogP contribution >= 0.6 is 0 Å². The van der Waals surface area contributed by atoms with Crippen LogP contribution in [-0.4, -0.2) is 64.9 Å². The van der Waals surface area contributed by atoms with E-state index in [-0.39, 0.29) is 18.8 Å². The highest BCUT2D eigenvalue weighted by Crippen LogP contribution is 2.37. The van der Waals surface area contributed by atoms with Crippen molar-refractivity contribution >= 4 is 11.8 Å². The second-order valence-corrected chi connectivity index (χ2v) is 8.85. The number of methoxy groups -OCH3 is 1. The first-order valence-corrected chi connectivity index (χ1v) is 12.0. The van der Waals surface area contributed by atoms with Crippen LogP contribution in [0.1, 0.15) is 6.04 Å². The Morgan fingerprint density at radius 1 is 0.892 bits per heavy atom. The summed E-state index contributed by atoms with van der Waals surface area (Å²) in [7, 11) is 1.59. The molecule has 2 fully saturated rings. The van der Waals surface area contributed by atoms with E-state index in [1.807, 2.05) is 30.3 Å². The zero-order valence-electron chi connectivity index (χ0n) is 20.1. The van der Waals surface area contributed by atoms with E-state index >= 15 is 0 Å². The van der Waals surface area contributed by atoms with Crippen molar-refractivity contribution in [3.05, 3.63) is 78.9 Å². The summed E-state index contributed by atoms with van der Waals surface area (Å²) in [5.41, 5.74) is 3.74. The molecule has 6 rings (SSSR count). The SMILES string of the molecule is COc1ccc(NC(=O)O[C@@H]2CO[C@H]3[C@@H]2OC[C@@H]3n2nnnc2-c2ccc(-c3ccccc3)cc2)cc1. The second-order valence-electron chi connectivity index (χ2n) is 8.85. The monoisotopic (exact) mass is 499 g/mol. The molecule has 3 aromatic carbocycles.